The first-order valence-corrected chi connectivity index (χ1v) is 8.01. The van der Waals surface area contributed by atoms with E-state index in [-0.39, 0.29) is 23.1 Å². The molecule has 0 aliphatic carbocycles. The molecule has 1 aliphatic rings. The van der Waals surface area contributed by atoms with E-state index in [2.05, 4.69) is 4.99 Å². The molecule has 3 rings (SSSR count). The number of rotatable bonds is 4. The van der Waals surface area contributed by atoms with Crippen LogP contribution in [0.1, 0.15) is 25.0 Å². The van der Waals surface area contributed by atoms with Crippen LogP contribution in [0.3, 0.4) is 0 Å². The molecule has 7 nitrogen and oxygen atoms in total. The van der Waals surface area contributed by atoms with Crippen molar-refractivity contribution in [3.63, 3.8) is 0 Å². The quantitative estimate of drug-likeness (QED) is 0.470. The van der Waals surface area contributed by atoms with Crippen LogP contribution in [0.15, 0.2) is 59.2 Å². The highest BCUT2D eigenvalue weighted by atomic mass is 16.6. The molecule has 0 aromatic heterocycles. The Morgan fingerprint density at radius 3 is 2.30 bits per heavy atom. The van der Waals surface area contributed by atoms with Crippen molar-refractivity contribution in [2.75, 3.05) is 0 Å². The predicted molar refractivity (Wildman–Crippen MR) is 96.1 cm³/mol. The predicted octanol–water partition coefficient (Wildman–Crippen LogP) is 2.88. The number of carbonyl (C=O) groups excluding carboxylic acids is 3. The van der Waals surface area contributed by atoms with Gasteiger partial charge in [-0.25, -0.2) is 9.79 Å². The normalized spacial score (nSPS) is 14.5. The van der Waals surface area contributed by atoms with Crippen molar-refractivity contribution in [3.05, 3.63) is 65.4 Å². The molecule has 0 spiro atoms. The van der Waals surface area contributed by atoms with Gasteiger partial charge in [0.2, 0.25) is 5.90 Å². The number of hydrogen-bond acceptors (Lipinski definition) is 7. The fourth-order valence-corrected chi connectivity index (χ4v) is 2.36. The van der Waals surface area contributed by atoms with E-state index < -0.39 is 17.9 Å². The van der Waals surface area contributed by atoms with Crippen molar-refractivity contribution in [3.8, 4) is 11.5 Å². The third-order valence-electron chi connectivity index (χ3n) is 3.42. The van der Waals surface area contributed by atoms with Crippen LogP contribution in [0, 0.1) is 0 Å². The van der Waals surface area contributed by atoms with Crippen LogP contribution in [0.5, 0.6) is 11.5 Å². The molecular formula is C20H15NO6. The summed E-state index contributed by atoms with van der Waals surface area (Å²) < 4.78 is 15.3. The van der Waals surface area contributed by atoms with Gasteiger partial charge in [-0.15, -0.1) is 0 Å². The summed E-state index contributed by atoms with van der Waals surface area (Å²) in [6.07, 6.45) is 1.49. The summed E-state index contributed by atoms with van der Waals surface area (Å²) in [5.41, 5.74) is 1.30. The maximum Gasteiger partial charge on any atom is 0.363 e. The van der Waals surface area contributed by atoms with Crippen molar-refractivity contribution >= 4 is 29.9 Å². The minimum Gasteiger partial charge on any atom is -0.423 e. The molecule has 7 heteroatoms. The number of cyclic esters (lactones) is 1. The first kappa shape index (κ1) is 18.1. The van der Waals surface area contributed by atoms with Gasteiger partial charge in [-0.3, -0.25) is 9.59 Å². The summed E-state index contributed by atoms with van der Waals surface area (Å²) in [5.74, 6) is -1.34. The van der Waals surface area contributed by atoms with E-state index in [1.165, 1.54) is 32.1 Å². The Kier molecular flexibility index (Phi) is 5.12. The second-order valence-corrected chi connectivity index (χ2v) is 5.60. The number of benzene rings is 2. The summed E-state index contributed by atoms with van der Waals surface area (Å²) in [7, 11) is 0. The summed E-state index contributed by atoms with van der Waals surface area (Å²) in [4.78, 5) is 38.7. The van der Waals surface area contributed by atoms with E-state index >= 15 is 0 Å². The molecule has 0 saturated carbocycles. The zero-order valence-electron chi connectivity index (χ0n) is 14.6. The van der Waals surface area contributed by atoms with E-state index in [1.807, 2.05) is 18.2 Å². The van der Waals surface area contributed by atoms with Crippen molar-refractivity contribution < 1.29 is 28.6 Å². The van der Waals surface area contributed by atoms with E-state index in [9.17, 15) is 14.4 Å². The van der Waals surface area contributed by atoms with Crippen LogP contribution in [0.25, 0.3) is 6.08 Å². The smallest absolute Gasteiger partial charge is 0.363 e. The van der Waals surface area contributed by atoms with Crippen molar-refractivity contribution in [2.45, 2.75) is 13.8 Å². The van der Waals surface area contributed by atoms with Crippen LogP contribution in [0.2, 0.25) is 0 Å². The molecule has 0 atom stereocenters. The standard InChI is InChI=1S/C20H15NO6/c1-12(22)25-17-9-8-14(11-18(17)26-13(2)23)10-16-20(24)27-19(21-16)15-6-4-3-5-7-15/h3-11H,1-2H3. The molecule has 0 radical (unpaired) electrons. The number of aliphatic imine (C=N–C) groups is 1. The minimum absolute atomic E-state index is 0.0608. The average molecular weight is 365 g/mol. The molecule has 0 fully saturated rings. The van der Waals surface area contributed by atoms with E-state index in [0.717, 1.165) is 0 Å². The number of esters is 3. The summed E-state index contributed by atoms with van der Waals surface area (Å²) >= 11 is 0. The first-order valence-electron chi connectivity index (χ1n) is 8.01. The van der Waals surface area contributed by atoms with Crippen LogP contribution in [-0.4, -0.2) is 23.8 Å². The number of carbonyl (C=O) groups is 3. The molecule has 1 heterocycles. The maximum absolute atomic E-state index is 12.1. The number of nitrogens with zero attached hydrogens (tertiary/aromatic N) is 1. The van der Waals surface area contributed by atoms with Crippen LogP contribution >= 0.6 is 0 Å². The molecule has 27 heavy (non-hydrogen) atoms. The van der Waals surface area contributed by atoms with Gasteiger partial charge in [-0.2, -0.15) is 0 Å². The zero-order chi connectivity index (χ0) is 19.4. The third kappa shape index (κ3) is 4.46. The summed E-state index contributed by atoms with van der Waals surface area (Å²) in [6.45, 7) is 2.47. The lowest BCUT2D eigenvalue weighted by molar-refractivity contribution is -0.134. The zero-order valence-corrected chi connectivity index (χ0v) is 14.6. The Labute approximate surface area is 154 Å². The van der Waals surface area contributed by atoms with Crippen molar-refractivity contribution in [2.24, 2.45) is 4.99 Å². The van der Waals surface area contributed by atoms with Crippen LogP contribution in [-0.2, 0) is 19.1 Å². The Balaban J connectivity index is 1.94. The maximum atomic E-state index is 12.1. The molecular weight excluding hydrogens is 350 g/mol. The lowest BCUT2D eigenvalue weighted by Crippen LogP contribution is -2.07. The minimum atomic E-state index is -0.591. The average Bonchev–Trinajstić information content (AvgIpc) is 2.98. The lowest BCUT2D eigenvalue weighted by Gasteiger charge is -2.09. The van der Waals surface area contributed by atoms with Gasteiger partial charge in [-0.05, 0) is 35.9 Å². The lowest BCUT2D eigenvalue weighted by atomic mass is 10.1. The van der Waals surface area contributed by atoms with E-state index in [0.29, 0.717) is 11.1 Å². The Hall–Kier alpha value is -3.74. The highest BCUT2D eigenvalue weighted by Crippen LogP contribution is 2.30. The van der Waals surface area contributed by atoms with E-state index in [4.69, 9.17) is 14.2 Å². The molecule has 2 aromatic rings. The van der Waals surface area contributed by atoms with Gasteiger partial charge in [0, 0.05) is 19.4 Å². The molecule has 136 valence electrons. The van der Waals surface area contributed by atoms with Gasteiger partial charge in [0.25, 0.3) is 0 Å². The Morgan fingerprint density at radius 1 is 0.963 bits per heavy atom. The van der Waals surface area contributed by atoms with Gasteiger partial charge in [-0.1, -0.05) is 24.3 Å². The molecule has 0 bridgehead atoms. The largest absolute Gasteiger partial charge is 0.423 e. The molecule has 0 amide bonds. The first-order chi connectivity index (χ1) is 12.9. The van der Waals surface area contributed by atoms with Crippen LogP contribution < -0.4 is 9.47 Å². The summed E-state index contributed by atoms with van der Waals surface area (Å²) in [6, 6.07) is 13.6. The van der Waals surface area contributed by atoms with Gasteiger partial charge in [0.1, 0.15) is 0 Å². The molecule has 0 saturated heterocycles. The van der Waals surface area contributed by atoms with E-state index in [1.54, 1.807) is 18.2 Å². The fraction of sp³-hybridized carbons (Fsp3) is 0.100. The second-order valence-electron chi connectivity index (χ2n) is 5.60. The van der Waals surface area contributed by atoms with Crippen molar-refractivity contribution in [1.82, 2.24) is 0 Å². The van der Waals surface area contributed by atoms with Gasteiger partial charge in [0.05, 0.1) is 0 Å². The highest BCUT2D eigenvalue weighted by molar-refractivity contribution is 6.12. The van der Waals surface area contributed by atoms with Gasteiger partial charge in [0.15, 0.2) is 17.2 Å². The number of hydrogen-bond donors (Lipinski definition) is 0. The highest BCUT2D eigenvalue weighted by Gasteiger charge is 2.24. The topological polar surface area (TPSA) is 91.3 Å². The molecule has 0 N–H and O–H groups in total. The Morgan fingerprint density at radius 2 is 1.63 bits per heavy atom. The second kappa shape index (κ2) is 7.65. The summed E-state index contributed by atoms with van der Waals surface area (Å²) in [5, 5.41) is 0. The molecule has 1 aliphatic heterocycles. The third-order valence-corrected chi connectivity index (χ3v) is 3.42. The van der Waals surface area contributed by atoms with Crippen LogP contribution in [0.4, 0.5) is 0 Å². The SMILES string of the molecule is CC(=O)Oc1ccc(C=C2N=C(c3ccccc3)OC2=O)cc1OC(C)=O. The molecule has 0 unspecified atom stereocenters. The number of ether oxygens (including phenoxy) is 3. The van der Waals surface area contributed by atoms with Gasteiger partial charge >= 0.3 is 17.9 Å². The Bertz CT molecular complexity index is 975. The molecule has 2 aromatic carbocycles. The monoisotopic (exact) mass is 365 g/mol. The fourth-order valence-electron chi connectivity index (χ4n) is 2.36. The van der Waals surface area contributed by atoms with Gasteiger partial charge < -0.3 is 14.2 Å². The van der Waals surface area contributed by atoms with Crippen molar-refractivity contribution in [1.29, 1.82) is 0 Å².